The van der Waals surface area contributed by atoms with E-state index in [2.05, 4.69) is 4.74 Å². The topological polar surface area (TPSA) is 58.7 Å². The minimum atomic E-state index is -3.10. The molecule has 1 aromatic carbocycles. The van der Waals surface area contributed by atoms with Gasteiger partial charge in [-0.1, -0.05) is 0 Å². The van der Waals surface area contributed by atoms with E-state index in [9.17, 15) is 13.2 Å². The molecule has 1 saturated carbocycles. The van der Waals surface area contributed by atoms with Gasteiger partial charge in [0.1, 0.15) is 0 Å². The summed E-state index contributed by atoms with van der Waals surface area (Å²) in [6.07, 6.45) is 1.86. The van der Waals surface area contributed by atoms with Crippen molar-refractivity contribution in [2.45, 2.75) is 25.5 Å². The molecule has 106 valence electrons. The van der Waals surface area contributed by atoms with Crippen LogP contribution in [-0.4, -0.2) is 30.9 Å². The quantitative estimate of drug-likeness (QED) is 0.780. The first-order valence-corrected chi connectivity index (χ1v) is 5.94. The molecule has 0 unspecified atom stereocenters. The molecule has 0 saturated heterocycles. The molecule has 0 amide bonds. The zero-order valence-corrected chi connectivity index (χ0v) is 10.2. The first kappa shape index (κ1) is 13.8. The van der Waals surface area contributed by atoms with Crippen molar-refractivity contribution in [2.24, 2.45) is 0 Å². The van der Waals surface area contributed by atoms with Crippen LogP contribution >= 0.6 is 0 Å². The van der Waals surface area contributed by atoms with Crippen LogP contribution in [0.15, 0.2) is 12.1 Å². The highest BCUT2D eigenvalue weighted by Gasteiger charge is 2.30. The second-order valence-electron chi connectivity index (χ2n) is 4.37. The maximum absolute atomic E-state index is 13.5. The van der Waals surface area contributed by atoms with Gasteiger partial charge in [0.25, 0.3) is 0 Å². The van der Waals surface area contributed by atoms with Gasteiger partial charge in [-0.05, 0) is 12.8 Å². The number of hydrogen-bond acceptors (Lipinski definition) is 4. The Hall–Kier alpha value is -1.63. The molecule has 0 aromatic heterocycles. The third kappa shape index (κ3) is 3.23. The normalized spacial score (nSPS) is 14.8. The van der Waals surface area contributed by atoms with Crippen LogP contribution in [0.2, 0.25) is 0 Å². The summed E-state index contributed by atoms with van der Waals surface area (Å²) in [5.74, 6) is -1.47. The molecule has 1 aliphatic rings. The molecule has 1 fully saturated rings. The summed E-state index contributed by atoms with van der Waals surface area (Å²) < 4.78 is 41.9. The van der Waals surface area contributed by atoms with E-state index in [-0.39, 0.29) is 18.3 Å². The third-order valence-electron chi connectivity index (χ3n) is 2.94. The molecule has 0 heterocycles. The Morgan fingerprint density at radius 1 is 1.42 bits per heavy atom. The average Bonchev–Trinajstić information content (AvgIpc) is 3.14. The van der Waals surface area contributed by atoms with Crippen molar-refractivity contribution in [1.82, 2.24) is 0 Å². The molecule has 4 nitrogen and oxygen atoms in total. The molecular weight excluding hydrogens is 261 g/mol. The van der Waals surface area contributed by atoms with E-state index in [1.165, 1.54) is 0 Å². The summed E-state index contributed by atoms with van der Waals surface area (Å²) in [6.45, 7) is -2.88. The maximum atomic E-state index is 13.5. The number of aliphatic hydroxyl groups excluding tert-OH is 1. The van der Waals surface area contributed by atoms with Crippen molar-refractivity contribution >= 4 is 11.4 Å². The van der Waals surface area contributed by atoms with Crippen LogP contribution in [0.5, 0.6) is 5.75 Å². The van der Waals surface area contributed by atoms with Crippen LogP contribution in [0.1, 0.15) is 12.8 Å². The van der Waals surface area contributed by atoms with Crippen LogP contribution in [0, 0.1) is 5.82 Å². The fourth-order valence-corrected chi connectivity index (χ4v) is 1.99. The predicted octanol–water partition coefficient (Wildman–Crippen LogP) is 1.97. The predicted molar refractivity (Wildman–Crippen MR) is 64.9 cm³/mol. The van der Waals surface area contributed by atoms with Gasteiger partial charge < -0.3 is 20.5 Å². The maximum Gasteiger partial charge on any atom is 0.387 e. The number of rotatable bonds is 6. The molecule has 0 spiro atoms. The number of anilines is 2. The number of aliphatic hydroxyl groups is 1. The molecule has 7 heteroatoms. The van der Waals surface area contributed by atoms with E-state index in [1.54, 1.807) is 4.90 Å². The number of halogens is 3. The highest BCUT2D eigenvalue weighted by atomic mass is 19.3. The lowest BCUT2D eigenvalue weighted by molar-refractivity contribution is -0.0521. The summed E-state index contributed by atoms with van der Waals surface area (Å²) >= 11 is 0. The Morgan fingerprint density at radius 2 is 2.11 bits per heavy atom. The van der Waals surface area contributed by atoms with Gasteiger partial charge in [0.15, 0.2) is 11.6 Å². The molecule has 1 aromatic rings. The summed E-state index contributed by atoms with van der Waals surface area (Å²) in [6, 6.07) is 2.32. The van der Waals surface area contributed by atoms with Crippen LogP contribution < -0.4 is 15.4 Å². The Kier molecular flexibility index (Phi) is 4.04. The minimum Gasteiger partial charge on any atom is -0.432 e. The molecule has 19 heavy (non-hydrogen) atoms. The smallest absolute Gasteiger partial charge is 0.387 e. The largest absolute Gasteiger partial charge is 0.432 e. The Morgan fingerprint density at radius 3 is 2.63 bits per heavy atom. The lowest BCUT2D eigenvalue weighted by atomic mass is 10.2. The van der Waals surface area contributed by atoms with Gasteiger partial charge in [-0.25, -0.2) is 4.39 Å². The number of nitrogens with two attached hydrogens (primary N) is 1. The lowest BCUT2D eigenvalue weighted by Crippen LogP contribution is -2.29. The van der Waals surface area contributed by atoms with E-state index < -0.39 is 18.2 Å². The standard InChI is InChI=1S/C12H15F3N2O2/c13-8-5-9(16)10(6-11(8)19-12(14)15)17(3-4-18)7-1-2-7/h5-7,12,18H,1-4,16H2. The van der Waals surface area contributed by atoms with Gasteiger partial charge in [0.05, 0.1) is 18.0 Å². The van der Waals surface area contributed by atoms with Crippen molar-refractivity contribution in [1.29, 1.82) is 0 Å². The Balaban J connectivity index is 2.32. The molecule has 0 bridgehead atoms. The van der Waals surface area contributed by atoms with Crippen LogP contribution in [0.4, 0.5) is 24.5 Å². The van der Waals surface area contributed by atoms with E-state index in [4.69, 9.17) is 10.8 Å². The SMILES string of the molecule is Nc1cc(F)c(OC(F)F)cc1N(CCO)C1CC1. The van der Waals surface area contributed by atoms with E-state index in [0.717, 1.165) is 25.0 Å². The number of hydrogen-bond donors (Lipinski definition) is 2. The molecule has 0 radical (unpaired) electrons. The average molecular weight is 276 g/mol. The van der Waals surface area contributed by atoms with Crippen molar-refractivity contribution < 1.29 is 23.0 Å². The van der Waals surface area contributed by atoms with Gasteiger partial charge in [0.2, 0.25) is 0 Å². The first-order valence-electron chi connectivity index (χ1n) is 5.94. The van der Waals surface area contributed by atoms with Gasteiger partial charge >= 0.3 is 6.61 Å². The monoisotopic (exact) mass is 276 g/mol. The van der Waals surface area contributed by atoms with Crippen molar-refractivity contribution in [3.63, 3.8) is 0 Å². The molecule has 0 atom stereocenters. The number of alkyl halides is 2. The number of ether oxygens (including phenoxy) is 1. The van der Waals surface area contributed by atoms with Crippen LogP contribution in [0.25, 0.3) is 0 Å². The Bertz CT molecular complexity index is 453. The summed E-state index contributed by atoms with van der Waals surface area (Å²) in [7, 11) is 0. The summed E-state index contributed by atoms with van der Waals surface area (Å²) in [5.41, 5.74) is 6.26. The fraction of sp³-hybridized carbons (Fsp3) is 0.500. The van der Waals surface area contributed by atoms with E-state index >= 15 is 0 Å². The fourth-order valence-electron chi connectivity index (χ4n) is 1.99. The highest BCUT2D eigenvalue weighted by Crippen LogP contribution is 2.38. The summed E-state index contributed by atoms with van der Waals surface area (Å²) in [5, 5.41) is 9.03. The lowest BCUT2D eigenvalue weighted by Gasteiger charge is -2.25. The van der Waals surface area contributed by atoms with Crippen molar-refractivity contribution in [2.75, 3.05) is 23.8 Å². The zero-order chi connectivity index (χ0) is 14.0. The third-order valence-corrected chi connectivity index (χ3v) is 2.94. The van der Waals surface area contributed by atoms with Crippen molar-refractivity contribution in [3.8, 4) is 5.75 Å². The number of benzene rings is 1. The molecular formula is C12H15F3N2O2. The van der Waals surface area contributed by atoms with E-state index in [0.29, 0.717) is 12.2 Å². The molecule has 1 aliphatic carbocycles. The number of nitrogens with zero attached hydrogens (tertiary/aromatic N) is 1. The van der Waals surface area contributed by atoms with Gasteiger partial charge in [-0.15, -0.1) is 0 Å². The van der Waals surface area contributed by atoms with Crippen molar-refractivity contribution in [3.05, 3.63) is 17.9 Å². The first-order chi connectivity index (χ1) is 9.02. The second kappa shape index (κ2) is 5.56. The van der Waals surface area contributed by atoms with Gasteiger partial charge in [-0.2, -0.15) is 8.78 Å². The Labute approximate surface area is 108 Å². The van der Waals surface area contributed by atoms with Crippen LogP contribution in [0.3, 0.4) is 0 Å². The van der Waals surface area contributed by atoms with Gasteiger partial charge in [-0.3, -0.25) is 0 Å². The van der Waals surface area contributed by atoms with E-state index in [1.807, 2.05) is 0 Å². The summed E-state index contributed by atoms with van der Waals surface area (Å²) in [4.78, 5) is 1.78. The molecule has 0 aliphatic heterocycles. The zero-order valence-electron chi connectivity index (χ0n) is 10.2. The minimum absolute atomic E-state index is 0.0989. The van der Waals surface area contributed by atoms with Gasteiger partial charge in [0, 0.05) is 24.7 Å². The number of nitrogen functional groups attached to an aromatic ring is 1. The highest BCUT2D eigenvalue weighted by molar-refractivity contribution is 5.71. The molecule has 3 N–H and O–H groups in total. The second-order valence-corrected chi connectivity index (χ2v) is 4.37. The molecule has 2 rings (SSSR count). The van der Waals surface area contributed by atoms with Crippen LogP contribution in [-0.2, 0) is 0 Å².